The average Bonchev–Trinajstić information content (AvgIpc) is 2.67. The fraction of sp³-hybridized carbons (Fsp3) is 0.231. The molecule has 4 nitrogen and oxygen atoms in total. The van der Waals surface area contributed by atoms with Crippen molar-refractivity contribution in [2.24, 2.45) is 7.05 Å². The van der Waals surface area contributed by atoms with E-state index in [-0.39, 0.29) is 0 Å². The molecule has 0 saturated heterocycles. The number of carboxylic acid groups (broad SMARTS) is 1. The fourth-order valence-corrected chi connectivity index (χ4v) is 1.76. The smallest absolute Gasteiger partial charge is 0.335 e. The lowest BCUT2D eigenvalue weighted by molar-refractivity contribution is 0.0697. The van der Waals surface area contributed by atoms with E-state index in [1.54, 1.807) is 18.3 Å². The molecule has 0 radical (unpaired) electrons. The first-order chi connectivity index (χ1) is 8.08. The van der Waals surface area contributed by atoms with Crippen LogP contribution < -0.4 is 0 Å². The Hall–Kier alpha value is -2.10. The summed E-state index contributed by atoms with van der Waals surface area (Å²) in [5, 5.41) is 8.88. The van der Waals surface area contributed by atoms with Crippen molar-refractivity contribution in [2.45, 2.75) is 13.3 Å². The highest BCUT2D eigenvalue weighted by Crippen LogP contribution is 2.14. The number of benzene rings is 1. The lowest BCUT2D eigenvalue weighted by Crippen LogP contribution is -2.02. The molecule has 1 heterocycles. The molecule has 88 valence electrons. The lowest BCUT2D eigenvalue weighted by atomic mass is 10.0. The van der Waals surface area contributed by atoms with Gasteiger partial charge in [-0.25, -0.2) is 9.78 Å². The summed E-state index contributed by atoms with van der Waals surface area (Å²) in [6.07, 6.45) is 4.38. The summed E-state index contributed by atoms with van der Waals surface area (Å²) < 4.78 is 1.96. The first kappa shape index (κ1) is 11.4. The van der Waals surface area contributed by atoms with Crippen LogP contribution in [0.5, 0.6) is 0 Å². The van der Waals surface area contributed by atoms with Gasteiger partial charge in [-0.05, 0) is 30.2 Å². The predicted octanol–water partition coefficient (Wildman–Crippen LogP) is 2.02. The Kier molecular flexibility index (Phi) is 2.95. The molecule has 0 amide bonds. The summed E-state index contributed by atoms with van der Waals surface area (Å²) in [6.45, 7) is 1.92. The number of hydrogen-bond acceptors (Lipinski definition) is 2. The van der Waals surface area contributed by atoms with Crippen LogP contribution in [-0.4, -0.2) is 20.6 Å². The Balaban J connectivity index is 2.29. The minimum atomic E-state index is -0.892. The molecule has 0 aliphatic rings. The maximum atomic E-state index is 10.8. The Morgan fingerprint density at radius 2 is 2.24 bits per heavy atom. The standard InChI is InChI=1S/C13H14N2O2/c1-9-7-11(13(16)17)4-3-10(9)8-12-14-5-6-15(12)2/h3-7H,8H2,1-2H3,(H,16,17). The molecule has 0 atom stereocenters. The first-order valence-electron chi connectivity index (χ1n) is 5.37. The molecule has 2 rings (SSSR count). The quantitative estimate of drug-likeness (QED) is 0.877. The Bertz CT molecular complexity index is 558. The predicted molar refractivity (Wildman–Crippen MR) is 64.2 cm³/mol. The van der Waals surface area contributed by atoms with Gasteiger partial charge in [0.25, 0.3) is 0 Å². The molecule has 0 fully saturated rings. The number of rotatable bonds is 3. The molecule has 0 aliphatic carbocycles. The van der Waals surface area contributed by atoms with Crippen LogP contribution in [0.3, 0.4) is 0 Å². The van der Waals surface area contributed by atoms with Crippen LogP contribution in [0.15, 0.2) is 30.6 Å². The zero-order valence-electron chi connectivity index (χ0n) is 9.84. The first-order valence-corrected chi connectivity index (χ1v) is 5.37. The maximum Gasteiger partial charge on any atom is 0.335 e. The molecule has 0 spiro atoms. The van der Waals surface area contributed by atoms with Gasteiger partial charge in [0, 0.05) is 25.9 Å². The minimum absolute atomic E-state index is 0.325. The van der Waals surface area contributed by atoms with Crippen LogP contribution in [-0.2, 0) is 13.5 Å². The summed E-state index contributed by atoms with van der Waals surface area (Å²) in [5.41, 5.74) is 2.41. The molecule has 0 unspecified atom stereocenters. The third kappa shape index (κ3) is 2.36. The highest BCUT2D eigenvalue weighted by molar-refractivity contribution is 5.87. The largest absolute Gasteiger partial charge is 0.478 e. The number of nitrogens with zero attached hydrogens (tertiary/aromatic N) is 2. The SMILES string of the molecule is Cc1cc(C(=O)O)ccc1Cc1nccn1C. The summed E-state index contributed by atoms with van der Waals surface area (Å²) in [5.74, 6) is 0.0767. The fourth-order valence-electron chi connectivity index (χ4n) is 1.76. The van der Waals surface area contributed by atoms with Gasteiger partial charge in [-0.15, -0.1) is 0 Å². The number of hydrogen-bond donors (Lipinski definition) is 1. The molecular weight excluding hydrogens is 216 g/mol. The molecule has 4 heteroatoms. The van der Waals surface area contributed by atoms with E-state index in [1.165, 1.54) is 0 Å². The summed E-state index contributed by atoms with van der Waals surface area (Å²) in [7, 11) is 1.95. The lowest BCUT2D eigenvalue weighted by Gasteiger charge is -2.07. The van der Waals surface area contributed by atoms with E-state index in [9.17, 15) is 4.79 Å². The van der Waals surface area contributed by atoms with Gasteiger partial charge in [-0.2, -0.15) is 0 Å². The van der Waals surface area contributed by atoms with Gasteiger partial charge in [-0.1, -0.05) is 6.07 Å². The Labute approximate surface area is 99.5 Å². The van der Waals surface area contributed by atoms with Crippen LogP contribution in [0, 0.1) is 6.92 Å². The monoisotopic (exact) mass is 230 g/mol. The topological polar surface area (TPSA) is 55.1 Å². The van der Waals surface area contributed by atoms with E-state index >= 15 is 0 Å². The maximum absolute atomic E-state index is 10.8. The molecule has 0 saturated carbocycles. The molecule has 1 N–H and O–H groups in total. The van der Waals surface area contributed by atoms with Gasteiger partial charge in [0.05, 0.1) is 5.56 Å². The second-order valence-electron chi connectivity index (χ2n) is 4.08. The van der Waals surface area contributed by atoms with Crippen LogP contribution in [0.25, 0.3) is 0 Å². The van der Waals surface area contributed by atoms with Crippen LogP contribution in [0.2, 0.25) is 0 Å². The van der Waals surface area contributed by atoms with Crippen molar-refractivity contribution >= 4 is 5.97 Å². The van der Waals surface area contributed by atoms with Crippen LogP contribution in [0.4, 0.5) is 0 Å². The van der Waals surface area contributed by atoms with Gasteiger partial charge in [0.2, 0.25) is 0 Å². The van der Waals surface area contributed by atoms with Crippen LogP contribution in [0.1, 0.15) is 27.3 Å². The van der Waals surface area contributed by atoms with Crippen LogP contribution >= 0.6 is 0 Å². The van der Waals surface area contributed by atoms with Gasteiger partial charge in [-0.3, -0.25) is 0 Å². The highest BCUT2D eigenvalue weighted by Gasteiger charge is 2.08. The van der Waals surface area contributed by atoms with Crippen molar-refractivity contribution in [1.82, 2.24) is 9.55 Å². The number of imidazole rings is 1. The third-order valence-corrected chi connectivity index (χ3v) is 2.86. The second-order valence-corrected chi connectivity index (χ2v) is 4.08. The van der Waals surface area contributed by atoms with Crippen molar-refractivity contribution in [1.29, 1.82) is 0 Å². The molecule has 0 aliphatic heterocycles. The van der Waals surface area contributed by atoms with E-state index in [0.717, 1.165) is 23.4 Å². The van der Waals surface area contributed by atoms with Gasteiger partial charge in [0.1, 0.15) is 5.82 Å². The zero-order valence-corrected chi connectivity index (χ0v) is 9.84. The normalized spacial score (nSPS) is 10.5. The molecular formula is C13H14N2O2. The molecule has 17 heavy (non-hydrogen) atoms. The molecule has 2 aromatic rings. The summed E-state index contributed by atoms with van der Waals surface area (Å²) >= 11 is 0. The van der Waals surface area contributed by atoms with E-state index in [2.05, 4.69) is 4.98 Å². The van der Waals surface area contributed by atoms with Gasteiger partial charge >= 0.3 is 5.97 Å². The van der Waals surface area contributed by atoms with E-state index in [1.807, 2.05) is 30.8 Å². The summed E-state index contributed by atoms with van der Waals surface area (Å²) in [4.78, 5) is 15.1. The Morgan fingerprint density at radius 1 is 1.47 bits per heavy atom. The average molecular weight is 230 g/mol. The van der Waals surface area contributed by atoms with Crippen molar-refractivity contribution in [3.63, 3.8) is 0 Å². The number of carboxylic acids is 1. The third-order valence-electron chi connectivity index (χ3n) is 2.86. The molecule has 1 aromatic carbocycles. The highest BCUT2D eigenvalue weighted by atomic mass is 16.4. The molecule has 0 bridgehead atoms. The Morgan fingerprint density at radius 3 is 2.76 bits per heavy atom. The second kappa shape index (κ2) is 4.41. The zero-order chi connectivity index (χ0) is 12.4. The van der Waals surface area contributed by atoms with E-state index < -0.39 is 5.97 Å². The number of aromatic carboxylic acids is 1. The van der Waals surface area contributed by atoms with Gasteiger partial charge in [0.15, 0.2) is 0 Å². The van der Waals surface area contributed by atoms with Crippen molar-refractivity contribution in [3.8, 4) is 0 Å². The molecule has 1 aromatic heterocycles. The van der Waals surface area contributed by atoms with Crippen molar-refractivity contribution < 1.29 is 9.90 Å². The van der Waals surface area contributed by atoms with Crippen molar-refractivity contribution in [3.05, 3.63) is 53.1 Å². The minimum Gasteiger partial charge on any atom is -0.478 e. The van der Waals surface area contributed by atoms with E-state index in [4.69, 9.17) is 5.11 Å². The number of aromatic nitrogens is 2. The number of aryl methyl sites for hydroxylation is 2. The van der Waals surface area contributed by atoms with Crippen molar-refractivity contribution in [2.75, 3.05) is 0 Å². The van der Waals surface area contributed by atoms with Gasteiger partial charge < -0.3 is 9.67 Å². The number of carbonyl (C=O) groups is 1. The summed E-state index contributed by atoms with van der Waals surface area (Å²) in [6, 6.07) is 5.18. The van der Waals surface area contributed by atoms with E-state index in [0.29, 0.717) is 5.56 Å².